The van der Waals surface area contributed by atoms with E-state index in [1.807, 2.05) is 37.1 Å². The third kappa shape index (κ3) is 3.19. The summed E-state index contributed by atoms with van der Waals surface area (Å²) in [6.07, 6.45) is 0.952. The summed E-state index contributed by atoms with van der Waals surface area (Å²) in [4.78, 5) is 15.7. The third-order valence-corrected chi connectivity index (χ3v) is 3.81. The van der Waals surface area contributed by atoms with Crippen LogP contribution in [0, 0.1) is 0 Å². The van der Waals surface area contributed by atoms with E-state index < -0.39 is 0 Å². The van der Waals surface area contributed by atoms with E-state index in [4.69, 9.17) is 17.3 Å². The molecule has 0 bridgehead atoms. The molecule has 1 aliphatic rings. The average molecular weight is 282 g/mol. The Morgan fingerprint density at radius 2 is 2.11 bits per heavy atom. The van der Waals surface area contributed by atoms with Crippen molar-refractivity contribution < 1.29 is 4.79 Å². The van der Waals surface area contributed by atoms with Crippen LogP contribution in [0.25, 0.3) is 0 Å². The van der Waals surface area contributed by atoms with E-state index in [9.17, 15) is 4.79 Å². The molecule has 0 spiro atoms. The lowest BCUT2D eigenvalue weighted by Crippen LogP contribution is -2.34. The lowest BCUT2D eigenvalue weighted by atomic mass is 10.1. The molecule has 2 N–H and O–H groups in total. The van der Waals surface area contributed by atoms with Gasteiger partial charge in [0.05, 0.1) is 17.3 Å². The molecule has 0 aliphatic carbocycles. The van der Waals surface area contributed by atoms with Crippen LogP contribution in [0.4, 0.5) is 5.69 Å². The number of hydrogen-bond acceptors (Lipinski definition) is 3. The summed E-state index contributed by atoms with van der Waals surface area (Å²) < 4.78 is 0. The average Bonchev–Trinajstić information content (AvgIpc) is 2.52. The fourth-order valence-electron chi connectivity index (χ4n) is 2.25. The molecule has 1 fully saturated rings. The van der Waals surface area contributed by atoms with Gasteiger partial charge in [-0.15, -0.1) is 0 Å². The number of rotatable bonds is 2. The van der Waals surface area contributed by atoms with Crippen molar-refractivity contribution in [1.82, 2.24) is 4.90 Å². The molecule has 1 saturated heterocycles. The molecule has 1 amide bonds. The van der Waals surface area contributed by atoms with Crippen LogP contribution >= 0.6 is 11.6 Å². The number of amides is 1. The van der Waals surface area contributed by atoms with Gasteiger partial charge < -0.3 is 15.5 Å². The van der Waals surface area contributed by atoms with Gasteiger partial charge in [-0.2, -0.15) is 0 Å². The first-order valence-corrected chi connectivity index (χ1v) is 6.91. The van der Waals surface area contributed by atoms with Gasteiger partial charge in [-0.1, -0.05) is 17.7 Å². The number of nitrogens with zero attached hydrogens (tertiary/aromatic N) is 2. The van der Waals surface area contributed by atoms with E-state index >= 15 is 0 Å². The summed E-state index contributed by atoms with van der Waals surface area (Å²) in [6.45, 7) is 3.95. The second kappa shape index (κ2) is 5.80. The molecule has 19 heavy (non-hydrogen) atoms. The van der Waals surface area contributed by atoms with Gasteiger partial charge in [0.2, 0.25) is 5.91 Å². The van der Waals surface area contributed by atoms with Crippen LogP contribution < -0.4 is 10.6 Å². The summed E-state index contributed by atoms with van der Waals surface area (Å²) in [5, 5.41) is 0.659. The molecule has 0 unspecified atom stereocenters. The SMILES string of the molecule is C[C@@H](N)c1ccc(N2CCCN(C)C(=O)C2)c(Cl)c1. The Morgan fingerprint density at radius 3 is 2.74 bits per heavy atom. The highest BCUT2D eigenvalue weighted by Gasteiger charge is 2.20. The maximum atomic E-state index is 11.9. The first-order valence-electron chi connectivity index (χ1n) is 6.53. The van der Waals surface area contributed by atoms with E-state index in [0.29, 0.717) is 11.6 Å². The zero-order valence-corrected chi connectivity index (χ0v) is 12.2. The highest BCUT2D eigenvalue weighted by molar-refractivity contribution is 6.33. The standard InChI is InChI=1S/C14H20ClN3O/c1-10(16)11-4-5-13(12(15)8-11)18-7-3-6-17(2)14(19)9-18/h4-5,8,10H,3,6-7,9,16H2,1-2H3/t10-/m1/s1. The molecule has 4 nitrogen and oxygen atoms in total. The number of carbonyl (C=O) groups is 1. The Bertz CT molecular complexity index is 476. The Hall–Kier alpha value is -1.26. The molecule has 1 aromatic rings. The minimum Gasteiger partial charge on any atom is -0.361 e. The van der Waals surface area contributed by atoms with Gasteiger partial charge in [0.25, 0.3) is 0 Å². The number of anilines is 1. The smallest absolute Gasteiger partial charge is 0.241 e. The summed E-state index contributed by atoms with van der Waals surface area (Å²) in [6, 6.07) is 5.79. The minimum atomic E-state index is -0.0385. The van der Waals surface area contributed by atoms with Crippen LogP contribution in [0.3, 0.4) is 0 Å². The molecule has 5 heteroatoms. The van der Waals surface area contributed by atoms with E-state index in [2.05, 4.69) is 0 Å². The van der Waals surface area contributed by atoms with E-state index in [1.165, 1.54) is 0 Å². The second-order valence-electron chi connectivity index (χ2n) is 5.09. The van der Waals surface area contributed by atoms with Crippen LogP contribution in [-0.2, 0) is 4.79 Å². The number of benzene rings is 1. The normalized spacial score (nSPS) is 18.4. The van der Waals surface area contributed by atoms with E-state index in [0.717, 1.165) is 30.8 Å². The van der Waals surface area contributed by atoms with Crippen molar-refractivity contribution in [3.05, 3.63) is 28.8 Å². The molecular formula is C14H20ClN3O. The first-order chi connectivity index (χ1) is 8.99. The molecule has 104 valence electrons. The zero-order chi connectivity index (χ0) is 14.0. The highest BCUT2D eigenvalue weighted by Crippen LogP contribution is 2.29. The Morgan fingerprint density at radius 1 is 1.37 bits per heavy atom. The van der Waals surface area contributed by atoms with Crippen LogP contribution in [0.5, 0.6) is 0 Å². The Labute approximate surface area is 119 Å². The third-order valence-electron chi connectivity index (χ3n) is 3.51. The van der Waals surface area contributed by atoms with Crippen LogP contribution in [-0.4, -0.2) is 37.5 Å². The fourth-order valence-corrected chi connectivity index (χ4v) is 2.56. The van der Waals surface area contributed by atoms with Gasteiger partial charge in [-0.25, -0.2) is 0 Å². The van der Waals surface area contributed by atoms with Gasteiger partial charge in [0.1, 0.15) is 0 Å². The summed E-state index contributed by atoms with van der Waals surface area (Å²) >= 11 is 6.32. The molecular weight excluding hydrogens is 262 g/mol. The molecule has 1 heterocycles. The maximum Gasteiger partial charge on any atom is 0.241 e. The second-order valence-corrected chi connectivity index (χ2v) is 5.50. The largest absolute Gasteiger partial charge is 0.361 e. The van der Waals surface area contributed by atoms with Crippen molar-refractivity contribution in [2.45, 2.75) is 19.4 Å². The topological polar surface area (TPSA) is 49.6 Å². The summed E-state index contributed by atoms with van der Waals surface area (Å²) in [5.41, 5.74) is 7.76. The van der Waals surface area contributed by atoms with Crippen molar-refractivity contribution in [3.63, 3.8) is 0 Å². The van der Waals surface area contributed by atoms with Gasteiger partial charge >= 0.3 is 0 Å². The molecule has 1 atom stereocenters. The molecule has 0 saturated carbocycles. The van der Waals surface area contributed by atoms with Gasteiger partial charge in [0.15, 0.2) is 0 Å². The lowest BCUT2D eigenvalue weighted by Gasteiger charge is -2.23. The van der Waals surface area contributed by atoms with Crippen molar-refractivity contribution in [3.8, 4) is 0 Å². The summed E-state index contributed by atoms with van der Waals surface area (Å²) in [5.74, 6) is 0.129. The number of likely N-dealkylation sites (N-methyl/N-ethyl adjacent to an activating group) is 1. The predicted molar refractivity (Wildman–Crippen MR) is 78.5 cm³/mol. The number of hydrogen-bond donors (Lipinski definition) is 1. The molecule has 0 radical (unpaired) electrons. The minimum absolute atomic E-state index is 0.0385. The highest BCUT2D eigenvalue weighted by atomic mass is 35.5. The monoisotopic (exact) mass is 281 g/mol. The first kappa shape index (κ1) is 14.2. The molecule has 2 rings (SSSR count). The van der Waals surface area contributed by atoms with Crippen LogP contribution in [0.15, 0.2) is 18.2 Å². The maximum absolute atomic E-state index is 11.9. The van der Waals surface area contributed by atoms with Crippen LogP contribution in [0.2, 0.25) is 5.02 Å². The quantitative estimate of drug-likeness (QED) is 0.902. The van der Waals surface area contributed by atoms with E-state index in [-0.39, 0.29) is 11.9 Å². The molecule has 0 aromatic heterocycles. The van der Waals surface area contributed by atoms with Gasteiger partial charge in [-0.3, -0.25) is 4.79 Å². The Balaban J connectivity index is 2.24. The number of carbonyl (C=O) groups excluding carboxylic acids is 1. The van der Waals surface area contributed by atoms with Crippen LogP contribution in [0.1, 0.15) is 24.9 Å². The zero-order valence-electron chi connectivity index (χ0n) is 11.4. The van der Waals surface area contributed by atoms with Gasteiger partial charge in [-0.05, 0) is 31.0 Å². The predicted octanol–water partition coefficient (Wildman–Crippen LogP) is 2.03. The lowest BCUT2D eigenvalue weighted by molar-refractivity contribution is -0.127. The molecule has 1 aliphatic heterocycles. The molecule has 1 aromatic carbocycles. The fraction of sp³-hybridized carbons (Fsp3) is 0.500. The Kier molecular flexibility index (Phi) is 4.32. The van der Waals surface area contributed by atoms with Crippen molar-refractivity contribution in [2.24, 2.45) is 5.73 Å². The number of nitrogens with two attached hydrogens (primary N) is 1. The van der Waals surface area contributed by atoms with Crippen molar-refractivity contribution in [1.29, 1.82) is 0 Å². The summed E-state index contributed by atoms with van der Waals surface area (Å²) in [7, 11) is 1.84. The van der Waals surface area contributed by atoms with E-state index in [1.54, 1.807) is 4.90 Å². The van der Waals surface area contributed by atoms with Crippen molar-refractivity contribution >= 4 is 23.2 Å². The van der Waals surface area contributed by atoms with Gasteiger partial charge in [0, 0.05) is 26.2 Å². The number of halogens is 1. The van der Waals surface area contributed by atoms with Crippen molar-refractivity contribution in [2.75, 3.05) is 31.6 Å².